The van der Waals surface area contributed by atoms with Crippen molar-refractivity contribution < 1.29 is 0 Å². The Morgan fingerprint density at radius 2 is 2.50 bits per heavy atom. The van der Waals surface area contributed by atoms with Crippen molar-refractivity contribution in [3.05, 3.63) is 18.7 Å². The highest BCUT2D eigenvalue weighted by Gasteiger charge is 2.39. The molecule has 1 fully saturated rings. The fourth-order valence-corrected chi connectivity index (χ4v) is 2.23. The average Bonchev–Trinajstić information content (AvgIpc) is 2.86. The SMILES string of the molecule is CC1(n2ccnc2)CCCN1C(=N)NC#N. The summed E-state index contributed by atoms with van der Waals surface area (Å²) >= 11 is 0. The van der Waals surface area contributed by atoms with Crippen LogP contribution in [-0.4, -0.2) is 27.0 Å². The molecule has 2 rings (SSSR count). The number of hydrogen-bond donors (Lipinski definition) is 2. The van der Waals surface area contributed by atoms with Crippen molar-refractivity contribution >= 4 is 5.96 Å². The van der Waals surface area contributed by atoms with Crippen LogP contribution in [0.5, 0.6) is 0 Å². The molecule has 1 aliphatic rings. The van der Waals surface area contributed by atoms with Gasteiger partial charge in [0, 0.05) is 18.9 Å². The zero-order valence-electron chi connectivity index (χ0n) is 9.14. The van der Waals surface area contributed by atoms with E-state index in [2.05, 4.69) is 17.2 Å². The molecule has 2 N–H and O–H groups in total. The maximum Gasteiger partial charge on any atom is 0.206 e. The van der Waals surface area contributed by atoms with E-state index < -0.39 is 0 Å². The highest BCUT2D eigenvalue weighted by atomic mass is 15.4. The summed E-state index contributed by atoms with van der Waals surface area (Å²) in [5, 5.41) is 18.7. The van der Waals surface area contributed by atoms with Gasteiger partial charge in [-0.25, -0.2) is 4.98 Å². The summed E-state index contributed by atoms with van der Waals surface area (Å²) < 4.78 is 1.98. The predicted octanol–water partition coefficient (Wildman–Crippen LogP) is 0.657. The van der Waals surface area contributed by atoms with Crippen molar-refractivity contribution in [1.82, 2.24) is 19.8 Å². The summed E-state index contributed by atoms with van der Waals surface area (Å²) in [4.78, 5) is 5.92. The molecule has 1 unspecified atom stereocenters. The first-order chi connectivity index (χ1) is 7.68. The first-order valence-electron chi connectivity index (χ1n) is 5.18. The van der Waals surface area contributed by atoms with Gasteiger partial charge in [-0.1, -0.05) is 0 Å². The highest BCUT2D eigenvalue weighted by Crippen LogP contribution is 2.33. The lowest BCUT2D eigenvalue weighted by atomic mass is 10.1. The molecule has 0 aliphatic carbocycles. The van der Waals surface area contributed by atoms with Gasteiger partial charge in [0.05, 0.1) is 6.33 Å². The molecule has 0 saturated carbocycles. The maximum absolute atomic E-state index is 8.55. The normalized spacial score (nSPS) is 24.1. The second kappa shape index (κ2) is 3.85. The van der Waals surface area contributed by atoms with Crippen molar-refractivity contribution in [1.29, 1.82) is 10.7 Å². The fourth-order valence-electron chi connectivity index (χ4n) is 2.23. The molecule has 1 aromatic rings. The number of aromatic nitrogens is 2. The zero-order valence-corrected chi connectivity index (χ0v) is 9.14. The lowest BCUT2D eigenvalue weighted by Crippen LogP contribution is -2.50. The Labute approximate surface area is 94.0 Å². The number of nitrogens with zero attached hydrogens (tertiary/aromatic N) is 4. The third-order valence-electron chi connectivity index (χ3n) is 3.12. The van der Waals surface area contributed by atoms with Gasteiger partial charge in [0.1, 0.15) is 5.66 Å². The summed E-state index contributed by atoms with van der Waals surface area (Å²) in [6.07, 6.45) is 9.09. The van der Waals surface area contributed by atoms with Crippen LogP contribution in [-0.2, 0) is 5.66 Å². The largest absolute Gasteiger partial charge is 0.319 e. The minimum absolute atomic E-state index is 0.149. The van der Waals surface area contributed by atoms with Gasteiger partial charge in [0.2, 0.25) is 5.96 Å². The van der Waals surface area contributed by atoms with Crippen LogP contribution in [0.1, 0.15) is 19.8 Å². The van der Waals surface area contributed by atoms with E-state index in [-0.39, 0.29) is 11.6 Å². The first-order valence-corrected chi connectivity index (χ1v) is 5.18. The van der Waals surface area contributed by atoms with E-state index >= 15 is 0 Å². The van der Waals surface area contributed by atoms with E-state index in [0.717, 1.165) is 19.4 Å². The van der Waals surface area contributed by atoms with Gasteiger partial charge in [-0.05, 0) is 19.8 Å². The predicted molar refractivity (Wildman–Crippen MR) is 58.3 cm³/mol. The summed E-state index contributed by atoms with van der Waals surface area (Å²) in [5.74, 6) is 0.149. The molecule has 0 radical (unpaired) electrons. The number of rotatable bonds is 1. The second-order valence-corrected chi connectivity index (χ2v) is 4.03. The van der Waals surface area contributed by atoms with Gasteiger partial charge in [-0.3, -0.25) is 10.7 Å². The topological polar surface area (TPSA) is 80.7 Å². The molecular formula is C10H14N6. The van der Waals surface area contributed by atoms with Gasteiger partial charge in [0.25, 0.3) is 0 Å². The van der Waals surface area contributed by atoms with Crippen LogP contribution in [0.15, 0.2) is 18.7 Å². The average molecular weight is 218 g/mol. The fraction of sp³-hybridized carbons (Fsp3) is 0.500. The Morgan fingerprint density at radius 1 is 1.69 bits per heavy atom. The Hall–Kier alpha value is -2.03. The molecule has 6 heteroatoms. The van der Waals surface area contributed by atoms with Crippen LogP contribution in [0.4, 0.5) is 0 Å². The van der Waals surface area contributed by atoms with Crippen LogP contribution >= 0.6 is 0 Å². The second-order valence-electron chi connectivity index (χ2n) is 4.03. The Bertz CT molecular complexity index is 417. The first kappa shape index (κ1) is 10.5. The summed E-state index contributed by atoms with van der Waals surface area (Å²) in [7, 11) is 0. The van der Waals surface area contributed by atoms with Crippen molar-refractivity contribution in [2.45, 2.75) is 25.4 Å². The standard InChI is InChI=1S/C10H14N6/c1-10(15-6-4-13-8-15)3-2-5-16(10)9(12)14-7-11/h4,6,8H,2-3,5H2,1H3,(H2,12,14). The van der Waals surface area contributed by atoms with E-state index in [1.807, 2.05) is 15.7 Å². The molecule has 0 amide bonds. The number of nitrogens with one attached hydrogen (secondary N) is 2. The molecule has 2 heterocycles. The third-order valence-corrected chi connectivity index (χ3v) is 3.12. The quantitative estimate of drug-likeness (QED) is 0.314. The molecule has 1 aromatic heterocycles. The van der Waals surface area contributed by atoms with Gasteiger partial charge in [-0.2, -0.15) is 5.26 Å². The lowest BCUT2D eigenvalue weighted by Gasteiger charge is -2.37. The van der Waals surface area contributed by atoms with Gasteiger partial charge < -0.3 is 9.47 Å². The smallest absolute Gasteiger partial charge is 0.206 e. The number of guanidine groups is 1. The molecule has 16 heavy (non-hydrogen) atoms. The molecule has 0 spiro atoms. The number of likely N-dealkylation sites (tertiary alicyclic amines) is 1. The van der Waals surface area contributed by atoms with E-state index in [9.17, 15) is 0 Å². The van der Waals surface area contributed by atoms with Gasteiger partial charge in [-0.15, -0.1) is 0 Å². The summed E-state index contributed by atoms with van der Waals surface area (Å²) in [5.41, 5.74) is -0.294. The van der Waals surface area contributed by atoms with Crippen molar-refractivity contribution in [3.8, 4) is 6.19 Å². The maximum atomic E-state index is 8.55. The molecule has 0 aromatic carbocycles. The molecule has 6 nitrogen and oxygen atoms in total. The van der Waals surface area contributed by atoms with Crippen LogP contribution in [0.2, 0.25) is 0 Å². The number of hydrogen-bond acceptors (Lipinski definition) is 3. The van der Waals surface area contributed by atoms with Crippen LogP contribution in [0.25, 0.3) is 0 Å². The molecule has 0 bridgehead atoms. The molecule has 1 saturated heterocycles. The van der Waals surface area contributed by atoms with Gasteiger partial charge in [0.15, 0.2) is 6.19 Å². The third kappa shape index (κ3) is 1.50. The van der Waals surface area contributed by atoms with E-state index in [1.54, 1.807) is 18.7 Å². The van der Waals surface area contributed by atoms with Crippen molar-refractivity contribution in [2.75, 3.05) is 6.54 Å². The number of imidazole rings is 1. The highest BCUT2D eigenvalue weighted by molar-refractivity contribution is 5.78. The minimum Gasteiger partial charge on any atom is -0.319 e. The van der Waals surface area contributed by atoms with Crippen LogP contribution < -0.4 is 5.32 Å². The van der Waals surface area contributed by atoms with Crippen molar-refractivity contribution in [3.63, 3.8) is 0 Å². The summed E-state index contributed by atoms with van der Waals surface area (Å²) in [6, 6.07) is 0. The Kier molecular flexibility index (Phi) is 2.52. The van der Waals surface area contributed by atoms with Gasteiger partial charge >= 0.3 is 0 Å². The molecule has 84 valence electrons. The van der Waals surface area contributed by atoms with E-state index in [4.69, 9.17) is 10.7 Å². The summed E-state index contributed by atoms with van der Waals surface area (Å²) in [6.45, 7) is 2.83. The lowest BCUT2D eigenvalue weighted by molar-refractivity contribution is 0.152. The zero-order chi connectivity index (χ0) is 11.6. The van der Waals surface area contributed by atoms with Crippen molar-refractivity contribution in [2.24, 2.45) is 0 Å². The van der Waals surface area contributed by atoms with E-state index in [0.29, 0.717) is 0 Å². The monoisotopic (exact) mass is 218 g/mol. The van der Waals surface area contributed by atoms with Crippen LogP contribution in [0.3, 0.4) is 0 Å². The number of nitriles is 1. The molecular weight excluding hydrogens is 204 g/mol. The Balaban J connectivity index is 2.27. The van der Waals surface area contributed by atoms with Crippen LogP contribution in [0, 0.1) is 16.9 Å². The molecule has 1 atom stereocenters. The van der Waals surface area contributed by atoms with E-state index in [1.165, 1.54) is 0 Å². The minimum atomic E-state index is -0.294. The Morgan fingerprint density at radius 3 is 3.12 bits per heavy atom. The molecule has 1 aliphatic heterocycles.